The Morgan fingerprint density at radius 1 is 1.03 bits per heavy atom. The molecule has 4 heterocycles. The summed E-state index contributed by atoms with van der Waals surface area (Å²) in [7, 11) is 0. The van der Waals surface area contributed by atoms with Gasteiger partial charge < -0.3 is 14.5 Å². The quantitative estimate of drug-likeness (QED) is 0.487. The molecule has 1 aliphatic carbocycles. The van der Waals surface area contributed by atoms with Gasteiger partial charge in [-0.05, 0) is 52.9 Å². The number of hydrogen-bond donors (Lipinski definition) is 1. The Balaban J connectivity index is 1.38. The maximum absolute atomic E-state index is 13.6. The summed E-state index contributed by atoms with van der Waals surface area (Å²) in [6.45, 7) is 1.74. The van der Waals surface area contributed by atoms with E-state index in [1.807, 2.05) is 22.9 Å². The van der Waals surface area contributed by atoms with Gasteiger partial charge in [-0.25, -0.2) is 4.68 Å². The number of rotatable bonds is 4. The zero-order valence-corrected chi connectivity index (χ0v) is 19.3. The van der Waals surface area contributed by atoms with Crippen molar-refractivity contribution >= 4 is 10.9 Å². The molecule has 0 bridgehead atoms. The Kier molecular flexibility index (Phi) is 4.83. The molecule has 2 aliphatic heterocycles. The third-order valence-corrected chi connectivity index (χ3v) is 7.62. The molecule has 1 fully saturated rings. The first-order valence-corrected chi connectivity index (χ1v) is 12.3. The molecule has 7 rings (SSSR count). The number of pyridine rings is 1. The second-order valence-electron chi connectivity index (χ2n) is 9.66. The van der Waals surface area contributed by atoms with E-state index in [4.69, 9.17) is 9.47 Å². The van der Waals surface area contributed by atoms with Crippen molar-refractivity contribution in [3.05, 3.63) is 75.3 Å². The van der Waals surface area contributed by atoms with E-state index in [2.05, 4.69) is 49.7 Å². The van der Waals surface area contributed by atoms with Gasteiger partial charge in [0.1, 0.15) is 6.04 Å². The lowest BCUT2D eigenvalue weighted by atomic mass is 9.95. The molecule has 1 atom stereocenters. The van der Waals surface area contributed by atoms with Gasteiger partial charge in [0.25, 0.3) is 5.56 Å². The van der Waals surface area contributed by atoms with Gasteiger partial charge in [0.05, 0.1) is 11.6 Å². The van der Waals surface area contributed by atoms with Crippen LogP contribution in [0, 0.1) is 0 Å². The van der Waals surface area contributed by atoms with Gasteiger partial charge in [0.2, 0.25) is 6.79 Å². The van der Waals surface area contributed by atoms with Crippen molar-refractivity contribution in [2.24, 2.45) is 0 Å². The van der Waals surface area contributed by atoms with Crippen LogP contribution >= 0.6 is 0 Å². The fourth-order valence-corrected chi connectivity index (χ4v) is 5.84. The molecule has 2 aromatic carbocycles. The normalized spacial score (nSPS) is 18.7. The topological polar surface area (TPSA) is 98.2 Å². The van der Waals surface area contributed by atoms with Gasteiger partial charge in [-0.15, -0.1) is 5.10 Å². The zero-order chi connectivity index (χ0) is 23.4. The number of nitrogens with zero attached hydrogens (tertiary/aromatic N) is 5. The zero-order valence-electron chi connectivity index (χ0n) is 19.3. The smallest absolute Gasteiger partial charge is 0.253 e. The first kappa shape index (κ1) is 20.6. The van der Waals surface area contributed by atoms with E-state index < -0.39 is 0 Å². The Morgan fingerprint density at radius 2 is 1.83 bits per heavy atom. The molecule has 2 aromatic heterocycles. The number of aromatic amines is 1. The molecule has 9 heteroatoms. The molecule has 0 unspecified atom stereocenters. The molecule has 9 nitrogen and oxygen atoms in total. The minimum Gasteiger partial charge on any atom is -0.454 e. The number of nitrogens with one attached hydrogen (secondary N) is 1. The van der Waals surface area contributed by atoms with Crippen LogP contribution in [0.2, 0.25) is 0 Å². The van der Waals surface area contributed by atoms with E-state index in [1.165, 1.54) is 24.0 Å². The van der Waals surface area contributed by atoms with Crippen LogP contribution in [0.5, 0.6) is 11.5 Å². The fourth-order valence-electron chi connectivity index (χ4n) is 5.84. The molecular formula is C26H26N6O3. The molecule has 0 radical (unpaired) electrons. The van der Waals surface area contributed by atoms with E-state index >= 15 is 0 Å². The lowest BCUT2D eigenvalue weighted by molar-refractivity contribution is 0.174. The van der Waals surface area contributed by atoms with Crippen LogP contribution in [0.3, 0.4) is 0 Å². The van der Waals surface area contributed by atoms with Gasteiger partial charge in [-0.2, -0.15) is 0 Å². The van der Waals surface area contributed by atoms with Crippen molar-refractivity contribution in [1.29, 1.82) is 0 Å². The van der Waals surface area contributed by atoms with E-state index in [1.54, 1.807) is 0 Å². The van der Waals surface area contributed by atoms with Gasteiger partial charge in [-0.3, -0.25) is 9.69 Å². The third-order valence-electron chi connectivity index (χ3n) is 7.62. The predicted molar refractivity (Wildman–Crippen MR) is 128 cm³/mol. The summed E-state index contributed by atoms with van der Waals surface area (Å²) in [6.07, 6.45) is 5.39. The highest BCUT2D eigenvalue weighted by Gasteiger charge is 2.34. The second kappa shape index (κ2) is 8.20. The van der Waals surface area contributed by atoms with Gasteiger partial charge >= 0.3 is 0 Å². The van der Waals surface area contributed by atoms with Crippen LogP contribution < -0.4 is 15.0 Å². The van der Waals surface area contributed by atoms with Crippen molar-refractivity contribution in [2.75, 3.05) is 13.3 Å². The summed E-state index contributed by atoms with van der Waals surface area (Å²) < 4.78 is 13.1. The van der Waals surface area contributed by atoms with Crippen molar-refractivity contribution in [3.8, 4) is 11.5 Å². The van der Waals surface area contributed by atoms with Crippen LogP contribution in [-0.4, -0.2) is 43.4 Å². The number of H-pyrrole nitrogens is 1. The summed E-state index contributed by atoms with van der Waals surface area (Å²) in [5, 5.41) is 13.9. The van der Waals surface area contributed by atoms with Crippen LogP contribution in [-0.2, 0) is 13.0 Å². The molecule has 178 valence electrons. The minimum atomic E-state index is -0.363. The Morgan fingerprint density at radius 3 is 2.69 bits per heavy atom. The molecule has 3 aliphatic rings. The van der Waals surface area contributed by atoms with Crippen molar-refractivity contribution < 1.29 is 9.47 Å². The molecule has 1 N–H and O–H groups in total. The minimum absolute atomic E-state index is 0.138. The van der Waals surface area contributed by atoms with Crippen molar-refractivity contribution in [1.82, 2.24) is 30.1 Å². The van der Waals surface area contributed by atoms with Crippen LogP contribution in [0.25, 0.3) is 10.9 Å². The maximum atomic E-state index is 13.6. The van der Waals surface area contributed by atoms with E-state index in [0.29, 0.717) is 17.1 Å². The molecule has 1 saturated carbocycles. The molecule has 35 heavy (non-hydrogen) atoms. The molecule has 0 spiro atoms. The Labute approximate surface area is 201 Å². The first-order chi connectivity index (χ1) is 17.2. The highest BCUT2D eigenvalue weighted by Crippen LogP contribution is 2.38. The third kappa shape index (κ3) is 3.49. The van der Waals surface area contributed by atoms with E-state index in [-0.39, 0.29) is 24.4 Å². The summed E-state index contributed by atoms with van der Waals surface area (Å²) in [5.41, 5.74) is 3.87. The van der Waals surface area contributed by atoms with Gasteiger partial charge in [0.15, 0.2) is 17.3 Å². The second-order valence-corrected chi connectivity index (χ2v) is 9.66. The van der Waals surface area contributed by atoms with Crippen LogP contribution in [0.4, 0.5) is 0 Å². The number of tetrazole rings is 1. The summed E-state index contributed by atoms with van der Waals surface area (Å²) in [5.74, 6) is 2.08. The molecule has 0 amide bonds. The molecule has 4 aromatic rings. The standard InChI is InChI=1S/C26H26N6O3/c33-26-20(11-18-12-22-23(35-15-34-22)13-21(18)27-26)24(25-28-29-30-32(25)19-7-3-4-8-19)31-10-9-16-5-1-2-6-17(16)14-31/h1-2,5-6,11-13,19,24H,3-4,7-10,14-15H2,(H,27,33)/t24-/m0/s1. The first-order valence-electron chi connectivity index (χ1n) is 12.3. The van der Waals surface area contributed by atoms with E-state index in [9.17, 15) is 4.79 Å². The lowest BCUT2D eigenvalue weighted by Crippen LogP contribution is -2.39. The SMILES string of the molecule is O=c1[nH]c2cc3c(cc2cc1[C@@H](c1nnnn1C1CCCC1)N1CCc2ccccc2C1)OCO3. The predicted octanol–water partition coefficient (Wildman–Crippen LogP) is 3.51. The maximum Gasteiger partial charge on any atom is 0.253 e. The number of ether oxygens (including phenoxy) is 2. The Bertz CT molecular complexity index is 1470. The fraction of sp³-hybridized carbons (Fsp3) is 0.385. The lowest BCUT2D eigenvalue weighted by Gasteiger charge is -2.35. The Hall–Kier alpha value is -3.72. The van der Waals surface area contributed by atoms with E-state index in [0.717, 1.165) is 49.1 Å². The highest BCUT2D eigenvalue weighted by atomic mass is 16.7. The number of fused-ring (bicyclic) bond motifs is 3. The number of benzene rings is 2. The van der Waals surface area contributed by atoms with Crippen molar-refractivity contribution in [3.63, 3.8) is 0 Å². The van der Waals surface area contributed by atoms with Crippen molar-refractivity contribution in [2.45, 2.75) is 50.7 Å². The summed E-state index contributed by atoms with van der Waals surface area (Å²) in [6, 6.07) is 14.2. The van der Waals surface area contributed by atoms with Gasteiger partial charge in [-0.1, -0.05) is 37.1 Å². The highest BCUT2D eigenvalue weighted by molar-refractivity contribution is 5.83. The average Bonchev–Trinajstić information content (AvgIpc) is 3.65. The van der Waals surface area contributed by atoms with Crippen LogP contribution in [0.15, 0.2) is 47.3 Å². The largest absolute Gasteiger partial charge is 0.454 e. The number of hydrogen-bond acceptors (Lipinski definition) is 7. The summed E-state index contributed by atoms with van der Waals surface area (Å²) >= 11 is 0. The van der Waals surface area contributed by atoms with Gasteiger partial charge in [0, 0.05) is 30.1 Å². The monoisotopic (exact) mass is 470 g/mol. The number of aromatic nitrogens is 5. The van der Waals surface area contributed by atoms with Crippen LogP contribution in [0.1, 0.15) is 60.3 Å². The molecule has 0 saturated heterocycles. The molecular weight excluding hydrogens is 444 g/mol. The average molecular weight is 471 g/mol. The summed E-state index contributed by atoms with van der Waals surface area (Å²) in [4.78, 5) is 19.0.